The van der Waals surface area contributed by atoms with Crippen LogP contribution in [0.1, 0.15) is 32.8 Å². The zero-order valence-corrected chi connectivity index (χ0v) is 16.7. The molecule has 0 aromatic heterocycles. The Hall–Kier alpha value is -2.48. The summed E-state index contributed by atoms with van der Waals surface area (Å²) in [6.45, 7) is 8.17. The first-order valence-corrected chi connectivity index (χ1v) is 9.74. The molecule has 8 nitrogen and oxygen atoms in total. The summed E-state index contributed by atoms with van der Waals surface area (Å²) in [5.74, 6) is 1.08. The van der Waals surface area contributed by atoms with Gasteiger partial charge < -0.3 is 23.8 Å². The highest BCUT2D eigenvalue weighted by atomic mass is 16.7. The molecule has 0 saturated carbocycles. The van der Waals surface area contributed by atoms with Gasteiger partial charge in [0, 0.05) is 19.5 Å². The second-order valence-electron chi connectivity index (χ2n) is 7.10. The van der Waals surface area contributed by atoms with Crippen molar-refractivity contribution >= 4 is 12.1 Å². The van der Waals surface area contributed by atoms with Crippen molar-refractivity contribution in [1.29, 1.82) is 0 Å². The molecule has 154 valence electrons. The number of nitrogens with zero attached hydrogens (tertiary/aromatic N) is 2. The Morgan fingerprint density at radius 2 is 1.93 bits per heavy atom. The summed E-state index contributed by atoms with van der Waals surface area (Å²) in [4.78, 5) is 28.0. The van der Waals surface area contributed by atoms with E-state index < -0.39 is 12.4 Å². The van der Waals surface area contributed by atoms with E-state index >= 15 is 0 Å². The fourth-order valence-corrected chi connectivity index (χ4v) is 3.32. The molecule has 2 heterocycles. The largest absolute Gasteiger partial charge is 0.454 e. The molecule has 1 amide bonds. The Morgan fingerprint density at radius 1 is 1.18 bits per heavy atom. The molecule has 8 heteroatoms. The van der Waals surface area contributed by atoms with Gasteiger partial charge in [0.15, 0.2) is 11.5 Å². The van der Waals surface area contributed by atoms with Crippen LogP contribution in [0, 0.1) is 0 Å². The number of amides is 1. The number of esters is 1. The van der Waals surface area contributed by atoms with Crippen LogP contribution < -0.4 is 9.47 Å². The number of hydrogen-bond donors (Lipinski definition) is 0. The van der Waals surface area contributed by atoms with Crippen molar-refractivity contribution in [3.8, 4) is 11.5 Å². The number of fused-ring (bicyclic) bond motifs is 1. The minimum absolute atomic E-state index is 0.0955. The summed E-state index contributed by atoms with van der Waals surface area (Å²) in [5.41, 5.74) is 1.04. The second-order valence-corrected chi connectivity index (χ2v) is 7.10. The van der Waals surface area contributed by atoms with Gasteiger partial charge in [0.1, 0.15) is 0 Å². The molecule has 28 heavy (non-hydrogen) atoms. The molecule has 0 radical (unpaired) electrons. The quantitative estimate of drug-likeness (QED) is 0.497. The maximum absolute atomic E-state index is 12.5. The molecule has 0 spiro atoms. The molecular formula is C20H28N2O6. The van der Waals surface area contributed by atoms with Crippen molar-refractivity contribution in [1.82, 2.24) is 9.80 Å². The average Bonchev–Trinajstić information content (AvgIpc) is 3.06. The van der Waals surface area contributed by atoms with E-state index in [1.54, 1.807) is 11.8 Å². The number of hydrogen-bond acceptors (Lipinski definition) is 7. The number of likely N-dealkylation sites (N-methyl/N-ethyl adjacent to an activating group) is 1. The number of ether oxygens (including phenoxy) is 4. The van der Waals surface area contributed by atoms with Crippen LogP contribution in [0.3, 0.4) is 0 Å². The first-order valence-electron chi connectivity index (χ1n) is 9.74. The Labute approximate surface area is 165 Å². The van der Waals surface area contributed by atoms with E-state index in [1.807, 2.05) is 36.9 Å². The summed E-state index contributed by atoms with van der Waals surface area (Å²) in [7, 11) is 0. The molecule has 2 aliphatic heterocycles. The summed E-state index contributed by atoms with van der Waals surface area (Å²) in [6, 6.07) is 5.67. The summed E-state index contributed by atoms with van der Waals surface area (Å²) in [6.07, 6.45) is 0.320. The van der Waals surface area contributed by atoms with E-state index in [4.69, 9.17) is 18.9 Å². The third-order valence-electron chi connectivity index (χ3n) is 4.94. The van der Waals surface area contributed by atoms with Gasteiger partial charge in [-0.25, -0.2) is 4.79 Å². The lowest BCUT2D eigenvalue weighted by atomic mass is 10.1. The molecule has 1 fully saturated rings. The number of benzene rings is 1. The van der Waals surface area contributed by atoms with Crippen LogP contribution in [0.15, 0.2) is 18.2 Å². The van der Waals surface area contributed by atoms with E-state index in [0.29, 0.717) is 13.0 Å². The molecular weight excluding hydrogens is 364 g/mol. The highest BCUT2D eigenvalue weighted by Crippen LogP contribution is 2.33. The minimum atomic E-state index is -0.923. The average molecular weight is 392 g/mol. The van der Waals surface area contributed by atoms with Crippen molar-refractivity contribution < 1.29 is 28.5 Å². The van der Waals surface area contributed by atoms with Crippen molar-refractivity contribution in [2.75, 3.05) is 33.0 Å². The summed E-state index contributed by atoms with van der Waals surface area (Å²) < 4.78 is 21.2. The van der Waals surface area contributed by atoms with Crippen molar-refractivity contribution in [2.24, 2.45) is 0 Å². The Kier molecular flexibility index (Phi) is 6.61. The van der Waals surface area contributed by atoms with E-state index in [1.165, 1.54) is 0 Å². The number of rotatable bonds is 8. The summed E-state index contributed by atoms with van der Waals surface area (Å²) >= 11 is 0. The van der Waals surface area contributed by atoms with Gasteiger partial charge in [-0.15, -0.1) is 0 Å². The van der Waals surface area contributed by atoms with Gasteiger partial charge >= 0.3 is 12.1 Å². The molecule has 2 aliphatic rings. The standard InChI is InChI=1S/C20H28N2O6/c1-4-22(14(2)10-16-6-7-17-18(11-16)26-13-25-17)20(24)28-15(3)27-19(23)12-21-8-5-9-21/h6-7,11,14-15H,4-5,8-10,12-13H2,1-3H3. The normalized spacial score (nSPS) is 17.4. The molecule has 1 aromatic rings. The summed E-state index contributed by atoms with van der Waals surface area (Å²) in [5, 5.41) is 0. The second kappa shape index (κ2) is 9.14. The van der Waals surface area contributed by atoms with Crippen molar-refractivity contribution in [2.45, 2.75) is 45.9 Å². The molecule has 2 unspecified atom stereocenters. The van der Waals surface area contributed by atoms with Crippen LogP contribution in [-0.2, 0) is 20.7 Å². The molecule has 3 rings (SSSR count). The molecule has 0 N–H and O–H groups in total. The van der Waals surface area contributed by atoms with Crippen LogP contribution in [0.25, 0.3) is 0 Å². The number of carbonyl (C=O) groups is 2. The predicted octanol–water partition coefficient (Wildman–Crippen LogP) is 2.40. The number of carbonyl (C=O) groups excluding carboxylic acids is 2. The van der Waals surface area contributed by atoms with Gasteiger partial charge in [0.2, 0.25) is 13.1 Å². The van der Waals surface area contributed by atoms with Gasteiger partial charge in [-0.05, 0) is 57.5 Å². The van der Waals surface area contributed by atoms with E-state index in [-0.39, 0.29) is 25.3 Å². The minimum Gasteiger partial charge on any atom is -0.454 e. The zero-order valence-electron chi connectivity index (χ0n) is 16.7. The Bertz CT molecular complexity index is 706. The van der Waals surface area contributed by atoms with Gasteiger partial charge in [-0.2, -0.15) is 0 Å². The van der Waals surface area contributed by atoms with Crippen molar-refractivity contribution in [3.63, 3.8) is 0 Å². The van der Waals surface area contributed by atoms with Crippen LogP contribution >= 0.6 is 0 Å². The lowest BCUT2D eigenvalue weighted by Gasteiger charge is -2.30. The maximum Gasteiger partial charge on any atom is 0.413 e. The first-order chi connectivity index (χ1) is 13.5. The van der Waals surface area contributed by atoms with Gasteiger partial charge in [-0.3, -0.25) is 9.69 Å². The van der Waals surface area contributed by atoms with Crippen molar-refractivity contribution in [3.05, 3.63) is 23.8 Å². The van der Waals surface area contributed by atoms with E-state index in [0.717, 1.165) is 36.6 Å². The molecule has 2 atom stereocenters. The zero-order chi connectivity index (χ0) is 20.1. The number of likely N-dealkylation sites (tertiary alicyclic amines) is 1. The highest BCUT2D eigenvalue weighted by Gasteiger charge is 2.25. The van der Waals surface area contributed by atoms with Gasteiger partial charge in [-0.1, -0.05) is 6.07 Å². The smallest absolute Gasteiger partial charge is 0.413 e. The molecule has 1 aromatic carbocycles. The first kappa shape index (κ1) is 20.3. The third-order valence-corrected chi connectivity index (χ3v) is 4.94. The highest BCUT2D eigenvalue weighted by molar-refractivity contribution is 5.72. The monoisotopic (exact) mass is 392 g/mol. The SMILES string of the molecule is CCN(C(=O)OC(C)OC(=O)CN1CCC1)C(C)Cc1ccc2c(c1)OCO2. The maximum atomic E-state index is 12.5. The fourth-order valence-electron chi connectivity index (χ4n) is 3.32. The fraction of sp³-hybridized carbons (Fsp3) is 0.600. The van der Waals surface area contributed by atoms with Gasteiger partial charge in [0.05, 0.1) is 6.54 Å². The topological polar surface area (TPSA) is 77.5 Å². The van der Waals surface area contributed by atoms with E-state index in [9.17, 15) is 9.59 Å². The third kappa shape index (κ3) is 5.07. The molecule has 0 bridgehead atoms. The molecule has 0 aliphatic carbocycles. The van der Waals surface area contributed by atoms with Crippen LogP contribution in [0.5, 0.6) is 11.5 Å². The van der Waals surface area contributed by atoms with E-state index in [2.05, 4.69) is 0 Å². The predicted molar refractivity (Wildman–Crippen MR) is 101 cm³/mol. The molecule has 1 saturated heterocycles. The lowest BCUT2D eigenvalue weighted by molar-refractivity contribution is -0.168. The Morgan fingerprint density at radius 3 is 2.61 bits per heavy atom. The van der Waals surface area contributed by atoms with Crippen LogP contribution in [0.2, 0.25) is 0 Å². The van der Waals surface area contributed by atoms with Crippen LogP contribution in [0.4, 0.5) is 4.79 Å². The Balaban J connectivity index is 1.49. The van der Waals surface area contributed by atoms with Gasteiger partial charge in [0.25, 0.3) is 0 Å². The van der Waals surface area contributed by atoms with Crippen LogP contribution in [-0.4, -0.2) is 67.2 Å². The lowest BCUT2D eigenvalue weighted by Crippen LogP contribution is -2.43.